The van der Waals surface area contributed by atoms with Crippen molar-refractivity contribution < 1.29 is 23.8 Å². The van der Waals surface area contributed by atoms with Gasteiger partial charge in [0.15, 0.2) is 0 Å². The molecular formula is C26H26ClNO6. The Bertz CT molecular complexity index is 1330. The van der Waals surface area contributed by atoms with Crippen LogP contribution in [0.5, 0.6) is 5.75 Å². The number of carbonyl (C=O) groups is 2. The summed E-state index contributed by atoms with van der Waals surface area (Å²) in [5, 5.41) is 13.4. The van der Waals surface area contributed by atoms with Crippen molar-refractivity contribution in [1.82, 2.24) is 5.32 Å². The van der Waals surface area contributed by atoms with Crippen LogP contribution in [0.3, 0.4) is 0 Å². The normalized spacial score (nSPS) is 15.3. The fourth-order valence-corrected chi connectivity index (χ4v) is 4.33. The molecule has 178 valence electrons. The molecule has 1 aliphatic heterocycles. The Morgan fingerprint density at radius 1 is 1.21 bits per heavy atom. The van der Waals surface area contributed by atoms with Gasteiger partial charge in [-0.1, -0.05) is 23.7 Å². The highest BCUT2D eigenvalue weighted by molar-refractivity contribution is 6.30. The number of carboxylic acid groups (broad SMARTS) is 1. The third kappa shape index (κ3) is 5.09. The topological polar surface area (TPSA) is 106 Å². The van der Waals surface area contributed by atoms with Gasteiger partial charge in [-0.05, 0) is 68.5 Å². The van der Waals surface area contributed by atoms with E-state index in [1.807, 2.05) is 19.9 Å². The molecular weight excluding hydrogens is 458 g/mol. The third-order valence-electron chi connectivity index (χ3n) is 6.17. The van der Waals surface area contributed by atoms with Gasteiger partial charge < -0.3 is 19.6 Å². The lowest BCUT2D eigenvalue weighted by molar-refractivity contribution is -0.141. The maximum Gasteiger partial charge on any atom is 0.340 e. The van der Waals surface area contributed by atoms with Gasteiger partial charge in [0.1, 0.15) is 23.0 Å². The Morgan fingerprint density at radius 2 is 1.91 bits per heavy atom. The summed E-state index contributed by atoms with van der Waals surface area (Å²) in [5.74, 6) is -1.04. The Kier molecular flexibility index (Phi) is 6.41. The second kappa shape index (κ2) is 9.14. The largest absolute Gasteiger partial charge is 0.487 e. The molecule has 4 rings (SSSR count). The number of aryl methyl sites for hydroxylation is 2. The van der Waals surface area contributed by atoms with Crippen molar-refractivity contribution in [3.05, 3.63) is 74.1 Å². The fourth-order valence-electron chi connectivity index (χ4n) is 4.20. The summed E-state index contributed by atoms with van der Waals surface area (Å²) >= 11 is 5.88. The number of carbonyl (C=O) groups excluding carboxylic acids is 1. The number of benzene rings is 2. The summed E-state index contributed by atoms with van der Waals surface area (Å²) in [4.78, 5) is 37.1. The zero-order valence-corrected chi connectivity index (χ0v) is 20.0. The number of fused-ring (bicyclic) bond motifs is 2. The van der Waals surface area contributed by atoms with Crippen LogP contribution in [0.1, 0.15) is 42.5 Å². The lowest BCUT2D eigenvalue weighted by Crippen LogP contribution is -2.43. The number of nitrogens with one attached hydrogen (secondary N) is 1. The zero-order chi connectivity index (χ0) is 24.6. The highest BCUT2D eigenvalue weighted by Crippen LogP contribution is 2.36. The molecule has 0 fully saturated rings. The monoisotopic (exact) mass is 483 g/mol. The molecule has 34 heavy (non-hydrogen) atoms. The number of hydrogen-bond acceptors (Lipinski definition) is 5. The molecule has 0 saturated heterocycles. The SMILES string of the molecule is Cc1c(CC(=O)N[C@@H](Cc2ccc(Cl)cc2)C(=O)O)c(=O)oc2cc3c(cc12)CCC(C)(C)O3. The van der Waals surface area contributed by atoms with Crippen molar-refractivity contribution in [2.24, 2.45) is 0 Å². The number of ether oxygens (including phenoxy) is 1. The number of aliphatic carboxylic acids is 1. The van der Waals surface area contributed by atoms with Crippen molar-refractivity contribution in [1.29, 1.82) is 0 Å². The van der Waals surface area contributed by atoms with Gasteiger partial charge >= 0.3 is 11.6 Å². The number of hydrogen-bond donors (Lipinski definition) is 2. The molecule has 0 unspecified atom stereocenters. The van der Waals surface area contributed by atoms with Crippen LogP contribution in [0.2, 0.25) is 5.02 Å². The number of carboxylic acids is 1. The van der Waals surface area contributed by atoms with Gasteiger partial charge in [0.05, 0.1) is 12.0 Å². The Balaban J connectivity index is 1.57. The molecule has 0 bridgehead atoms. The average Bonchev–Trinajstić information content (AvgIpc) is 2.76. The average molecular weight is 484 g/mol. The van der Waals surface area contributed by atoms with Crippen molar-refractivity contribution in [3.63, 3.8) is 0 Å². The summed E-state index contributed by atoms with van der Waals surface area (Å²) in [6.07, 6.45) is 1.50. The van der Waals surface area contributed by atoms with Crippen LogP contribution in [0.4, 0.5) is 0 Å². The minimum Gasteiger partial charge on any atom is -0.487 e. The first kappa shape index (κ1) is 23.8. The van der Waals surface area contributed by atoms with Crippen molar-refractivity contribution >= 4 is 34.4 Å². The summed E-state index contributed by atoms with van der Waals surface area (Å²) in [6.45, 7) is 5.80. The summed E-state index contributed by atoms with van der Waals surface area (Å²) in [7, 11) is 0. The molecule has 0 spiro atoms. The van der Waals surface area contributed by atoms with Crippen molar-refractivity contribution in [3.8, 4) is 5.75 Å². The van der Waals surface area contributed by atoms with Gasteiger partial charge in [-0.3, -0.25) is 4.79 Å². The van der Waals surface area contributed by atoms with Crippen LogP contribution in [0.25, 0.3) is 11.0 Å². The predicted octanol–water partition coefficient (Wildman–Crippen LogP) is 4.21. The minimum atomic E-state index is -1.17. The van der Waals surface area contributed by atoms with E-state index in [-0.39, 0.29) is 24.0 Å². The predicted molar refractivity (Wildman–Crippen MR) is 129 cm³/mol. The molecule has 2 heterocycles. The maximum atomic E-state index is 12.7. The molecule has 0 saturated carbocycles. The zero-order valence-electron chi connectivity index (χ0n) is 19.2. The molecule has 1 amide bonds. The minimum absolute atomic E-state index is 0.0893. The molecule has 0 radical (unpaired) electrons. The molecule has 2 N–H and O–H groups in total. The molecule has 7 nitrogen and oxygen atoms in total. The van der Waals surface area contributed by atoms with Gasteiger partial charge in [0, 0.05) is 22.9 Å². The standard InChI is InChI=1S/C26H26ClNO6/c1-14-18-11-16-8-9-26(2,3)34-21(16)13-22(18)33-25(32)19(14)12-23(29)28-20(24(30)31)10-15-4-6-17(27)7-5-15/h4-7,11,13,20H,8-10,12H2,1-3H3,(H,28,29)(H,30,31)/t20-/m0/s1. The van der Waals surface area contributed by atoms with E-state index in [4.69, 9.17) is 20.8 Å². The number of rotatable bonds is 6. The first-order chi connectivity index (χ1) is 16.0. The van der Waals surface area contributed by atoms with Crippen LogP contribution in [-0.2, 0) is 28.9 Å². The molecule has 2 aromatic carbocycles. The Morgan fingerprint density at radius 3 is 2.59 bits per heavy atom. The first-order valence-corrected chi connectivity index (χ1v) is 11.4. The van der Waals surface area contributed by atoms with E-state index in [2.05, 4.69) is 5.32 Å². The highest BCUT2D eigenvalue weighted by Gasteiger charge is 2.28. The molecule has 0 aliphatic carbocycles. The summed E-state index contributed by atoms with van der Waals surface area (Å²) in [5.41, 5.74) is 2.06. The summed E-state index contributed by atoms with van der Waals surface area (Å²) < 4.78 is 11.6. The third-order valence-corrected chi connectivity index (χ3v) is 6.43. The molecule has 1 atom stereocenters. The molecule has 1 aromatic heterocycles. The first-order valence-electron chi connectivity index (χ1n) is 11.1. The second-order valence-electron chi connectivity index (χ2n) is 9.28. The van der Waals surface area contributed by atoms with Crippen LogP contribution >= 0.6 is 11.6 Å². The van der Waals surface area contributed by atoms with Gasteiger partial charge in [-0.15, -0.1) is 0 Å². The van der Waals surface area contributed by atoms with E-state index in [0.29, 0.717) is 27.5 Å². The van der Waals surface area contributed by atoms with E-state index in [1.165, 1.54) is 0 Å². The number of amides is 1. The smallest absolute Gasteiger partial charge is 0.340 e. The van der Waals surface area contributed by atoms with Gasteiger partial charge in [0.25, 0.3) is 0 Å². The molecule has 1 aliphatic rings. The van der Waals surface area contributed by atoms with Gasteiger partial charge in [-0.25, -0.2) is 9.59 Å². The summed E-state index contributed by atoms with van der Waals surface area (Å²) in [6, 6.07) is 9.26. The quantitative estimate of drug-likeness (QED) is 0.509. The van der Waals surface area contributed by atoms with Crippen molar-refractivity contribution in [2.75, 3.05) is 0 Å². The highest BCUT2D eigenvalue weighted by atomic mass is 35.5. The van der Waals surface area contributed by atoms with Crippen LogP contribution in [0, 0.1) is 6.92 Å². The lowest BCUT2D eigenvalue weighted by atomic mass is 9.92. The fraction of sp³-hybridized carbons (Fsp3) is 0.346. The Hall–Kier alpha value is -3.32. The van der Waals surface area contributed by atoms with Crippen LogP contribution in [0.15, 0.2) is 45.6 Å². The molecule has 3 aromatic rings. The van der Waals surface area contributed by atoms with E-state index in [1.54, 1.807) is 37.3 Å². The Labute approximate surface area is 201 Å². The van der Waals surface area contributed by atoms with Crippen LogP contribution in [-0.4, -0.2) is 28.6 Å². The van der Waals surface area contributed by atoms with Crippen molar-refractivity contribution in [2.45, 2.75) is 58.1 Å². The van der Waals surface area contributed by atoms with E-state index >= 15 is 0 Å². The van der Waals surface area contributed by atoms with E-state index in [0.717, 1.165) is 23.8 Å². The van der Waals surface area contributed by atoms with Gasteiger partial charge in [-0.2, -0.15) is 0 Å². The van der Waals surface area contributed by atoms with Gasteiger partial charge in [0.2, 0.25) is 5.91 Å². The van der Waals surface area contributed by atoms with E-state index < -0.39 is 23.5 Å². The number of halogens is 1. The second-order valence-corrected chi connectivity index (χ2v) is 9.71. The molecule has 8 heteroatoms. The van der Waals surface area contributed by atoms with E-state index in [9.17, 15) is 19.5 Å². The maximum absolute atomic E-state index is 12.7. The lowest BCUT2D eigenvalue weighted by Gasteiger charge is -2.32. The van der Waals surface area contributed by atoms with Crippen LogP contribution < -0.4 is 15.7 Å².